The van der Waals surface area contributed by atoms with Crippen molar-refractivity contribution in [1.29, 1.82) is 0 Å². The lowest BCUT2D eigenvalue weighted by atomic mass is 9.82. The van der Waals surface area contributed by atoms with E-state index in [1.54, 1.807) is 0 Å². The monoisotopic (exact) mass is 270 g/mol. The summed E-state index contributed by atoms with van der Waals surface area (Å²) in [4.78, 5) is 11.3. The molecule has 0 aromatic heterocycles. The number of rotatable bonds is 5. The molecule has 3 N–H and O–H groups in total. The molecule has 1 saturated heterocycles. The van der Waals surface area contributed by atoms with Crippen LogP contribution in [0.4, 0.5) is 0 Å². The summed E-state index contributed by atoms with van der Waals surface area (Å²) in [5.74, 6) is 3.00. The van der Waals surface area contributed by atoms with Gasteiger partial charge in [0.25, 0.3) is 0 Å². The molecule has 1 amide bonds. The average Bonchev–Trinajstić information content (AvgIpc) is 2.40. The Morgan fingerprint density at radius 2 is 2.00 bits per heavy atom. The van der Waals surface area contributed by atoms with Gasteiger partial charge in [-0.1, -0.05) is 19.3 Å². The SMILES string of the molecule is NC(=O)C[C@H](N[C@H]1CCCSC1)C1CCCCC1. The second-order valence-electron chi connectivity index (χ2n) is 5.76. The molecule has 2 rings (SSSR count). The third-order valence-corrected chi connectivity index (χ3v) is 5.47. The summed E-state index contributed by atoms with van der Waals surface area (Å²) >= 11 is 2.03. The van der Waals surface area contributed by atoms with Gasteiger partial charge in [-0.15, -0.1) is 0 Å². The lowest BCUT2D eigenvalue weighted by molar-refractivity contribution is -0.118. The Hall–Kier alpha value is -0.220. The van der Waals surface area contributed by atoms with Crippen molar-refractivity contribution in [2.24, 2.45) is 11.7 Å². The fraction of sp³-hybridized carbons (Fsp3) is 0.929. The maximum Gasteiger partial charge on any atom is 0.218 e. The van der Waals surface area contributed by atoms with Gasteiger partial charge in [0.2, 0.25) is 5.91 Å². The van der Waals surface area contributed by atoms with Crippen LogP contribution in [0.5, 0.6) is 0 Å². The number of carbonyl (C=O) groups excluding carboxylic acids is 1. The van der Waals surface area contributed by atoms with Gasteiger partial charge in [-0.05, 0) is 37.4 Å². The predicted molar refractivity (Wildman–Crippen MR) is 77.7 cm³/mol. The maximum atomic E-state index is 11.3. The van der Waals surface area contributed by atoms with Crippen LogP contribution in [0.3, 0.4) is 0 Å². The van der Waals surface area contributed by atoms with E-state index in [0.29, 0.717) is 24.4 Å². The van der Waals surface area contributed by atoms with Crippen molar-refractivity contribution in [2.75, 3.05) is 11.5 Å². The molecule has 3 nitrogen and oxygen atoms in total. The summed E-state index contributed by atoms with van der Waals surface area (Å²) in [7, 11) is 0. The third kappa shape index (κ3) is 4.47. The normalized spacial score (nSPS) is 27.9. The van der Waals surface area contributed by atoms with Crippen molar-refractivity contribution in [3.05, 3.63) is 0 Å². The van der Waals surface area contributed by atoms with Gasteiger partial charge in [0.1, 0.15) is 0 Å². The average molecular weight is 270 g/mol. The molecule has 2 fully saturated rings. The van der Waals surface area contributed by atoms with E-state index in [1.165, 1.54) is 56.5 Å². The fourth-order valence-electron chi connectivity index (χ4n) is 3.29. The minimum atomic E-state index is -0.151. The van der Waals surface area contributed by atoms with E-state index in [0.717, 1.165) is 0 Å². The molecule has 0 spiro atoms. The van der Waals surface area contributed by atoms with Gasteiger partial charge in [0.15, 0.2) is 0 Å². The Kier molecular flexibility index (Phi) is 5.83. The minimum absolute atomic E-state index is 0.151. The van der Waals surface area contributed by atoms with E-state index < -0.39 is 0 Å². The summed E-state index contributed by atoms with van der Waals surface area (Å²) in [6, 6.07) is 0.918. The van der Waals surface area contributed by atoms with Gasteiger partial charge < -0.3 is 11.1 Å². The van der Waals surface area contributed by atoms with Gasteiger partial charge in [0, 0.05) is 24.3 Å². The minimum Gasteiger partial charge on any atom is -0.370 e. The smallest absolute Gasteiger partial charge is 0.218 e. The Balaban J connectivity index is 1.88. The zero-order valence-electron chi connectivity index (χ0n) is 11.2. The van der Waals surface area contributed by atoms with Crippen molar-refractivity contribution in [3.8, 4) is 0 Å². The van der Waals surface area contributed by atoms with E-state index in [-0.39, 0.29) is 5.91 Å². The first-order valence-electron chi connectivity index (χ1n) is 7.38. The lowest BCUT2D eigenvalue weighted by Crippen LogP contribution is -2.47. The second-order valence-corrected chi connectivity index (χ2v) is 6.91. The Labute approximate surface area is 115 Å². The molecule has 1 aliphatic carbocycles. The fourth-order valence-corrected chi connectivity index (χ4v) is 4.37. The highest BCUT2D eigenvalue weighted by Gasteiger charge is 2.27. The Morgan fingerprint density at radius 3 is 2.61 bits per heavy atom. The van der Waals surface area contributed by atoms with E-state index >= 15 is 0 Å². The van der Waals surface area contributed by atoms with Gasteiger partial charge >= 0.3 is 0 Å². The van der Waals surface area contributed by atoms with Crippen LogP contribution in [-0.2, 0) is 4.79 Å². The molecule has 4 heteroatoms. The first kappa shape index (κ1) is 14.2. The molecule has 0 aromatic carbocycles. The van der Waals surface area contributed by atoms with Gasteiger partial charge in [-0.25, -0.2) is 0 Å². The van der Waals surface area contributed by atoms with E-state index in [1.807, 2.05) is 11.8 Å². The number of primary amides is 1. The van der Waals surface area contributed by atoms with Crippen molar-refractivity contribution >= 4 is 17.7 Å². The number of nitrogens with two attached hydrogens (primary N) is 1. The molecule has 18 heavy (non-hydrogen) atoms. The van der Waals surface area contributed by atoms with Crippen LogP contribution in [0.25, 0.3) is 0 Å². The number of thioether (sulfide) groups is 1. The van der Waals surface area contributed by atoms with Gasteiger partial charge in [-0.2, -0.15) is 11.8 Å². The number of hydrogen-bond donors (Lipinski definition) is 2. The van der Waals surface area contributed by atoms with Crippen molar-refractivity contribution < 1.29 is 4.79 Å². The van der Waals surface area contributed by atoms with Crippen LogP contribution >= 0.6 is 11.8 Å². The highest BCUT2D eigenvalue weighted by molar-refractivity contribution is 7.99. The summed E-state index contributed by atoms with van der Waals surface area (Å²) in [6.07, 6.45) is 9.62. The molecule has 1 aliphatic heterocycles. The molecule has 2 atom stereocenters. The Morgan fingerprint density at radius 1 is 1.22 bits per heavy atom. The topological polar surface area (TPSA) is 55.1 Å². The predicted octanol–water partition coefficient (Wildman–Crippen LogP) is 2.30. The Bertz CT molecular complexity index is 261. The first-order valence-corrected chi connectivity index (χ1v) is 8.53. The number of nitrogens with one attached hydrogen (secondary N) is 1. The molecule has 0 aromatic rings. The standard InChI is InChI=1S/C14H26N2OS/c15-14(17)9-13(11-5-2-1-3-6-11)16-12-7-4-8-18-10-12/h11-13,16H,1-10H2,(H2,15,17)/t12-,13-/m0/s1. The number of amides is 1. The van der Waals surface area contributed by atoms with E-state index in [9.17, 15) is 4.79 Å². The largest absolute Gasteiger partial charge is 0.370 e. The maximum absolute atomic E-state index is 11.3. The zero-order chi connectivity index (χ0) is 12.8. The molecular formula is C14H26N2OS. The summed E-state index contributed by atoms with van der Waals surface area (Å²) in [6.45, 7) is 0. The molecule has 0 bridgehead atoms. The quantitative estimate of drug-likeness (QED) is 0.806. The lowest BCUT2D eigenvalue weighted by Gasteiger charge is -2.34. The summed E-state index contributed by atoms with van der Waals surface area (Å²) in [5, 5.41) is 3.74. The van der Waals surface area contributed by atoms with Gasteiger partial charge in [0.05, 0.1) is 0 Å². The number of carbonyl (C=O) groups is 1. The van der Waals surface area contributed by atoms with Gasteiger partial charge in [-0.3, -0.25) is 4.79 Å². The summed E-state index contributed by atoms with van der Waals surface area (Å²) in [5.41, 5.74) is 5.42. The van der Waals surface area contributed by atoms with Crippen LogP contribution in [0, 0.1) is 5.92 Å². The highest BCUT2D eigenvalue weighted by Crippen LogP contribution is 2.29. The molecule has 2 aliphatic rings. The zero-order valence-corrected chi connectivity index (χ0v) is 12.0. The van der Waals surface area contributed by atoms with E-state index in [4.69, 9.17) is 5.73 Å². The highest BCUT2D eigenvalue weighted by atomic mass is 32.2. The van der Waals surface area contributed by atoms with Crippen LogP contribution < -0.4 is 11.1 Å². The van der Waals surface area contributed by atoms with Crippen LogP contribution in [0.1, 0.15) is 51.4 Å². The van der Waals surface area contributed by atoms with Crippen molar-refractivity contribution in [3.63, 3.8) is 0 Å². The first-order chi connectivity index (χ1) is 8.75. The second kappa shape index (κ2) is 7.39. The summed E-state index contributed by atoms with van der Waals surface area (Å²) < 4.78 is 0. The molecule has 0 radical (unpaired) electrons. The number of hydrogen-bond acceptors (Lipinski definition) is 3. The van der Waals surface area contributed by atoms with Crippen LogP contribution in [0.2, 0.25) is 0 Å². The molecular weight excluding hydrogens is 244 g/mol. The molecule has 1 heterocycles. The molecule has 0 unspecified atom stereocenters. The van der Waals surface area contributed by atoms with Crippen molar-refractivity contribution in [1.82, 2.24) is 5.32 Å². The van der Waals surface area contributed by atoms with E-state index in [2.05, 4.69) is 5.32 Å². The van der Waals surface area contributed by atoms with Crippen LogP contribution in [-0.4, -0.2) is 29.5 Å². The molecule has 104 valence electrons. The molecule has 1 saturated carbocycles. The third-order valence-electron chi connectivity index (χ3n) is 4.25. The van der Waals surface area contributed by atoms with Crippen molar-refractivity contribution in [2.45, 2.75) is 63.5 Å². The van der Waals surface area contributed by atoms with Crippen LogP contribution in [0.15, 0.2) is 0 Å².